The fraction of sp³-hybridized carbons (Fsp3) is 0. The molecule has 14 rings (SSSR count). The summed E-state index contributed by atoms with van der Waals surface area (Å²) in [6, 6.07) is 81.1. The average Bonchev–Trinajstić information content (AvgIpc) is 4.06. The Hall–Kier alpha value is -9.46. The van der Waals surface area contributed by atoms with Crippen molar-refractivity contribution in [3.8, 4) is 62.4 Å². The number of fused-ring (bicyclic) bond motifs is 9. The van der Waals surface area contributed by atoms with Crippen LogP contribution in [0.2, 0.25) is 0 Å². The highest BCUT2D eigenvalue weighted by Gasteiger charge is 2.20. The first-order chi connectivity index (χ1) is 34.2. The van der Waals surface area contributed by atoms with E-state index in [4.69, 9.17) is 19.9 Å². The molecule has 0 bridgehead atoms. The van der Waals surface area contributed by atoms with Crippen LogP contribution in [-0.4, -0.2) is 33.6 Å². The Kier molecular flexibility index (Phi) is 8.75. The van der Waals surface area contributed by atoms with Gasteiger partial charge in [-0.1, -0.05) is 146 Å². The molecule has 0 saturated heterocycles. The van der Waals surface area contributed by atoms with Gasteiger partial charge in [0.1, 0.15) is 5.82 Å². The van der Waals surface area contributed by atoms with Crippen molar-refractivity contribution in [1.82, 2.24) is 33.6 Å². The van der Waals surface area contributed by atoms with Crippen molar-refractivity contribution in [2.45, 2.75) is 0 Å². The minimum atomic E-state index is 0.627. The standard InChI is InChI=1S/C62H39N7/c1-4-16-40(17-5-1)52-39-53(41-18-6-2-7-19-41)66-62(65-52)69-55-26-13-10-22-46(55)48-32-29-43(38-59(48)69)42-30-33-56-49(36-42)47-23-11-12-25-54(47)68(56)60-28-14-24-51(64-60)44-31-34-57-50(37-44)61-58(27-15-35-63-61)67(57)45-20-8-3-9-21-45/h1-39H. The molecule has 69 heavy (non-hydrogen) atoms. The van der Waals surface area contributed by atoms with Crippen LogP contribution in [0.25, 0.3) is 128 Å². The summed E-state index contributed by atoms with van der Waals surface area (Å²) in [4.78, 5) is 20.8. The van der Waals surface area contributed by atoms with Gasteiger partial charge in [-0.05, 0) is 96.1 Å². The smallest absolute Gasteiger partial charge is 0.235 e. The van der Waals surface area contributed by atoms with Gasteiger partial charge in [-0.15, -0.1) is 0 Å². The molecular weight excluding hydrogens is 843 g/mol. The zero-order valence-corrected chi connectivity index (χ0v) is 37.1. The molecule has 0 amide bonds. The summed E-state index contributed by atoms with van der Waals surface area (Å²) in [6.45, 7) is 0. The summed E-state index contributed by atoms with van der Waals surface area (Å²) in [7, 11) is 0. The zero-order chi connectivity index (χ0) is 45.4. The fourth-order valence-corrected chi connectivity index (χ4v) is 10.4. The van der Waals surface area contributed by atoms with Crippen LogP contribution in [0.5, 0.6) is 0 Å². The molecule has 0 aliphatic rings. The van der Waals surface area contributed by atoms with E-state index in [0.29, 0.717) is 5.95 Å². The average molecular weight is 882 g/mol. The maximum Gasteiger partial charge on any atom is 0.235 e. The van der Waals surface area contributed by atoms with Crippen LogP contribution in [0.1, 0.15) is 0 Å². The molecule has 0 atom stereocenters. The van der Waals surface area contributed by atoms with E-state index in [9.17, 15) is 0 Å². The van der Waals surface area contributed by atoms with Crippen LogP contribution in [0.15, 0.2) is 237 Å². The molecule has 0 aliphatic carbocycles. The Bertz CT molecular complexity index is 4240. The summed E-state index contributed by atoms with van der Waals surface area (Å²) in [5.74, 6) is 1.48. The monoisotopic (exact) mass is 881 g/mol. The third-order valence-electron chi connectivity index (χ3n) is 13.5. The van der Waals surface area contributed by atoms with Gasteiger partial charge in [-0.2, -0.15) is 0 Å². The molecule has 0 spiro atoms. The largest absolute Gasteiger partial charge is 0.308 e. The number of benzene rings is 8. The van der Waals surface area contributed by atoms with Gasteiger partial charge in [-0.3, -0.25) is 14.1 Å². The topological polar surface area (TPSA) is 66.3 Å². The quantitative estimate of drug-likeness (QED) is 0.160. The number of pyridine rings is 2. The Morgan fingerprint density at radius 1 is 0.275 bits per heavy atom. The molecule has 14 aromatic rings. The maximum absolute atomic E-state index is 5.38. The van der Waals surface area contributed by atoms with E-state index >= 15 is 0 Å². The molecule has 0 fully saturated rings. The molecule has 0 N–H and O–H groups in total. The number of aromatic nitrogens is 7. The van der Waals surface area contributed by atoms with Crippen molar-refractivity contribution in [3.05, 3.63) is 237 Å². The molecule has 0 radical (unpaired) electrons. The third kappa shape index (κ3) is 6.29. The van der Waals surface area contributed by atoms with E-state index in [-0.39, 0.29) is 0 Å². The number of nitrogens with zero attached hydrogens (tertiary/aromatic N) is 7. The molecule has 6 aromatic heterocycles. The molecule has 7 nitrogen and oxygen atoms in total. The summed E-state index contributed by atoms with van der Waals surface area (Å²) < 4.78 is 6.81. The molecule has 0 aliphatic heterocycles. The SMILES string of the molecule is c1ccc(-c2cc(-c3ccccc3)nc(-n3c4ccccc4c4ccc(-c5ccc6c(c5)c5ccccc5n6-c5cccc(-c6ccc7c(c6)c6ncccc6n7-c6ccccc6)n5)cc43)n2)cc1. The second kappa shape index (κ2) is 15.6. The van der Waals surface area contributed by atoms with E-state index in [1.807, 2.05) is 30.5 Å². The Morgan fingerprint density at radius 2 is 0.826 bits per heavy atom. The van der Waals surface area contributed by atoms with Crippen molar-refractivity contribution in [3.63, 3.8) is 0 Å². The van der Waals surface area contributed by atoms with Crippen molar-refractivity contribution in [2.75, 3.05) is 0 Å². The van der Waals surface area contributed by atoms with Gasteiger partial charge >= 0.3 is 0 Å². The van der Waals surface area contributed by atoms with E-state index < -0.39 is 0 Å². The Balaban J connectivity index is 0.900. The maximum atomic E-state index is 5.38. The van der Waals surface area contributed by atoms with Gasteiger partial charge in [0.2, 0.25) is 5.95 Å². The molecule has 0 saturated carbocycles. The number of hydrogen-bond donors (Lipinski definition) is 0. The molecule has 0 unspecified atom stereocenters. The van der Waals surface area contributed by atoms with Crippen molar-refractivity contribution in [2.24, 2.45) is 0 Å². The second-order valence-electron chi connectivity index (χ2n) is 17.5. The normalized spacial score (nSPS) is 11.8. The lowest BCUT2D eigenvalue weighted by Gasteiger charge is -2.12. The zero-order valence-electron chi connectivity index (χ0n) is 37.1. The summed E-state index contributed by atoms with van der Waals surface area (Å²) >= 11 is 0. The number of para-hydroxylation sites is 3. The van der Waals surface area contributed by atoms with Crippen molar-refractivity contribution < 1.29 is 0 Å². The lowest BCUT2D eigenvalue weighted by atomic mass is 10.0. The number of rotatable bonds is 7. The predicted molar refractivity (Wildman–Crippen MR) is 282 cm³/mol. The number of hydrogen-bond acceptors (Lipinski definition) is 4. The predicted octanol–water partition coefficient (Wildman–Crippen LogP) is 15.2. The lowest BCUT2D eigenvalue weighted by Crippen LogP contribution is -2.04. The van der Waals surface area contributed by atoms with Crippen LogP contribution >= 0.6 is 0 Å². The van der Waals surface area contributed by atoms with E-state index in [1.165, 1.54) is 0 Å². The van der Waals surface area contributed by atoms with Gasteiger partial charge in [0.25, 0.3) is 0 Å². The second-order valence-corrected chi connectivity index (χ2v) is 17.5. The molecule has 6 heterocycles. The van der Waals surface area contributed by atoms with Crippen LogP contribution in [0.3, 0.4) is 0 Å². The van der Waals surface area contributed by atoms with E-state index in [2.05, 4.69) is 220 Å². The van der Waals surface area contributed by atoms with Gasteiger partial charge in [0, 0.05) is 55.5 Å². The lowest BCUT2D eigenvalue weighted by molar-refractivity contribution is 0.996. The van der Waals surface area contributed by atoms with Crippen molar-refractivity contribution in [1.29, 1.82) is 0 Å². The van der Waals surface area contributed by atoms with E-state index in [1.54, 1.807) is 0 Å². The van der Waals surface area contributed by atoms with Crippen LogP contribution in [-0.2, 0) is 0 Å². The summed E-state index contributed by atoms with van der Waals surface area (Å²) in [5, 5.41) is 5.71. The highest BCUT2D eigenvalue weighted by Crippen LogP contribution is 2.39. The Labute approximate surface area is 396 Å². The van der Waals surface area contributed by atoms with Gasteiger partial charge in [-0.25, -0.2) is 15.0 Å². The molecular formula is C62H39N7. The Morgan fingerprint density at radius 3 is 1.57 bits per heavy atom. The molecule has 8 aromatic carbocycles. The van der Waals surface area contributed by atoms with Crippen LogP contribution < -0.4 is 0 Å². The highest BCUT2D eigenvalue weighted by molar-refractivity contribution is 6.13. The molecule has 7 heteroatoms. The first kappa shape index (κ1) is 38.8. The van der Waals surface area contributed by atoms with Gasteiger partial charge in [0.05, 0.1) is 55.7 Å². The molecule has 322 valence electrons. The third-order valence-corrected chi connectivity index (χ3v) is 13.5. The van der Waals surface area contributed by atoms with E-state index in [0.717, 1.165) is 122 Å². The van der Waals surface area contributed by atoms with Gasteiger partial charge < -0.3 is 4.57 Å². The first-order valence-corrected chi connectivity index (χ1v) is 23.2. The van der Waals surface area contributed by atoms with Gasteiger partial charge in [0.15, 0.2) is 0 Å². The fourth-order valence-electron chi connectivity index (χ4n) is 10.4. The van der Waals surface area contributed by atoms with Crippen LogP contribution in [0, 0.1) is 0 Å². The highest BCUT2D eigenvalue weighted by atomic mass is 15.2. The summed E-state index contributed by atoms with van der Waals surface area (Å²) in [6.07, 6.45) is 1.87. The van der Waals surface area contributed by atoms with Crippen LogP contribution in [0.4, 0.5) is 0 Å². The van der Waals surface area contributed by atoms with Crippen molar-refractivity contribution >= 4 is 65.5 Å². The first-order valence-electron chi connectivity index (χ1n) is 23.2. The summed E-state index contributed by atoms with van der Waals surface area (Å²) in [5.41, 5.74) is 16.5. The minimum absolute atomic E-state index is 0.627. The minimum Gasteiger partial charge on any atom is -0.308 e.